The van der Waals surface area contributed by atoms with Gasteiger partial charge in [-0.15, -0.1) is 0 Å². The van der Waals surface area contributed by atoms with E-state index in [9.17, 15) is 18.0 Å². The standard InChI is InChI=1S/C17H18N2O5S/c1-12-3-9-15(10-4-12)25(22,23)19-17(21)18-11-13-5-7-14(8-6-13)16(20)24-2/h3-10H,11H2,1-2H3,(H2,18,19,21). The number of urea groups is 1. The van der Waals surface area contributed by atoms with Crippen molar-refractivity contribution in [1.82, 2.24) is 10.0 Å². The largest absolute Gasteiger partial charge is 0.465 e. The van der Waals surface area contributed by atoms with E-state index in [-0.39, 0.29) is 11.4 Å². The summed E-state index contributed by atoms with van der Waals surface area (Å²) in [5.41, 5.74) is 2.01. The van der Waals surface area contributed by atoms with Gasteiger partial charge >= 0.3 is 12.0 Å². The van der Waals surface area contributed by atoms with Crippen LogP contribution in [-0.2, 0) is 21.3 Å². The van der Waals surface area contributed by atoms with E-state index >= 15 is 0 Å². The minimum Gasteiger partial charge on any atom is -0.465 e. The fourth-order valence-electron chi connectivity index (χ4n) is 1.99. The van der Waals surface area contributed by atoms with Crippen LogP contribution in [0.5, 0.6) is 0 Å². The molecule has 2 rings (SSSR count). The summed E-state index contributed by atoms with van der Waals surface area (Å²) in [4.78, 5) is 23.2. The maximum Gasteiger partial charge on any atom is 0.337 e. The van der Waals surface area contributed by atoms with E-state index < -0.39 is 22.0 Å². The molecule has 0 bridgehead atoms. The van der Waals surface area contributed by atoms with Gasteiger partial charge in [-0.1, -0.05) is 29.8 Å². The highest BCUT2D eigenvalue weighted by atomic mass is 32.2. The summed E-state index contributed by atoms with van der Waals surface area (Å²) >= 11 is 0. The molecule has 0 spiro atoms. The molecule has 0 saturated carbocycles. The van der Waals surface area contributed by atoms with Crippen molar-refractivity contribution in [2.45, 2.75) is 18.4 Å². The highest BCUT2D eigenvalue weighted by molar-refractivity contribution is 7.90. The number of carbonyl (C=O) groups is 2. The number of esters is 1. The molecule has 2 aromatic rings. The molecule has 0 aliphatic rings. The second kappa shape index (κ2) is 7.80. The number of sulfonamides is 1. The van der Waals surface area contributed by atoms with E-state index in [2.05, 4.69) is 10.1 Å². The number of carbonyl (C=O) groups excluding carboxylic acids is 2. The first-order chi connectivity index (χ1) is 11.8. The molecule has 0 heterocycles. The van der Waals surface area contributed by atoms with Crippen LogP contribution >= 0.6 is 0 Å². The van der Waals surface area contributed by atoms with Gasteiger partial charge in [0.2, 0.25) is 0 Å². The molecule has 0 aromatic heterocycles. The summed E-state index contributed by atoms with van der Waals surface area (Å²) in [6.07, 6.45) is 0. The molecule has 0 unspecified atom stereocenters. The number of aryl methyl sites for hydroxylation is 1. The lowest BCUT2D eigenvalue weighted by Crippen LogP contribution is -2.39. The fourth-order valence-corrected chi connectivity index (χ4v) is 2.92. The van der Waals surface area contributed by atoms with Crippen molar-refractivity contribution in [1.29, 1.82) is 0 Å². The van der Waals surface area contributed by atoms with E-state index in [1.807, 2.05) is 11.6 Å². The number of methoxy groups -OCH3 is 1. The Hall–Kier alpha value is -2.87. The van der Waals surface area contributed by atoms with Gasteiger partial charge in [0, 0.05) is 6.54 Å². The average molecular weight is 362 g/mol. The minimum absolute atomic E-state index is 0.00989. The van der Waals surface area contributed by atoms with Crippen molar-refractivity contribution in [2.75, 3.05) is 7.11 Å². The number of benzene rings is 2. The molecule has 2 N–H and O–H groups in total. The van der Waals surface area contributed by atoms with Crippen molar-refractivity contribution in [2.24, 2.45) is 0 Å². The summed E-state index contributed by atoms with van der Waals surface area (Å²) < 4.78 is 30.7. The Labute approximate surface area is 146 Å². The number of ether oxygens (including phenoxy) is 1. The van der Waals surface area contributed by atoms with Gasteiger partial charge < -0.3 is 10.1 Å². The highest BCUT2D eigenvalue weighted by Crippen LogP contribution is 2.10. The van der Waals surface area contributed by atoms with Crippen LogP contribution in [0.25, 0.3) is 0 Å². The van der Waals surface area contributed by atoms with Crippen molar-refractivity contribution in [3.63, 3.8) is 0 Å². The second-order valence-corrected chi connectivity index (χ2v) is 6.97. The molecule has 0 saturated heterocycles. The van der Waals surface area contributed by atoms with Gasteiger partial charge in [-0.05, 0) is 36.8 Å². The molecule has 25 heavy (non-hydrogen) atoms. The molecule has 2 amide bonds. The molecular formula is C17H18N2O5S. The zero-order chi connectivity index (χ0) is 18.4. The van der Waals surface area contributed by atoms with Gasteiger partial charge in [0.15, 0.2) is 0 Å². The predicted molar refractivity (Wildman–Crippen MR) is 91.5 cm³/mol. The van der Waals surface area contributed by atoms with Crippen LogP contribution in [0.1, 0.15) is 21.5 Å². The molecule has 0 aliphatic carbocycles. The van der Waals surface area contributed by atoms with Gasteiger partial charge in [-0.3, -0.25) is 0 Å². The smallest absolute Gasteiger partial charge is 0.337 e. The Morgan fingerprint density at radius 2 is 1.60 bits per heavy atom. The zero-order valence-corrected chi connectivity index (χ0v) is 14.6. The normalized spacial score (nSPS) is 10.8. The number of rotatable bonds is 5. The quantitative estimate of drug-likeness (QED) is 0.792. The van der Waals surface area contributed by atoms with Gasteiger partial charge in [-0.25, -0.2) is 22.7 Å². The predicted octanol–water partition coefficient (Wildman–Crippen LogP) is 1.97. The maximum atomic E-state index is 12.1. The van der Waals surface area contributed by atoms with Crippen molar-refractivity contribution in [3.8, 4) is 0 Å². The third-order valence-corrected chi connectivity index (χ3v) is 4.73. The molecule has 0 radical (unpaired) electrons. The van der Waals surface area contributed by atoms with Crippen LogP contribution in [0.3, 0.4) is 0 Å². The van der Waals surface area contributed by atoms with E-state index in [0.717, 1.165) is 5.56 Å². The number of hydrogen-bond acceptors (Lipinski definition) is 5. The van der Waals surface area contributed by atoms with Crippen molar-refractivity contribution in [3.05, 3.63) is 65.2 Å². The minimum atomic E-state index is -3.93. The summed E-state index contributed by atoms with van der Waals surface area (Å²) in [5, 5.41) is 2.45. The van der Waals surface area contributed by atoms with Gasteiger partial charge in [-0.2, -0.15) is 0 Å². The Bertz CT molecular complexity index is 859. The third kappa shape index (κ3) is 5.05. The number of nitrogens with one attached hydrogen (secondary N) is 2. The van der Waals surface area contributed by atoms with Gasteiger partial charge in [0.1, 0.15) is 0 Å². The summed E-state index contributed by atoms with van der Waals surface area (Å²) in [6, 6.07) is 11.7. The molecule has 8 heteroatoms. The maximum absolute atomic E-state index is 12.1. The lowest BCUT2D eigenvalue weighted by atomic mass is 10.1. The SMILES string of the molecule is COC(=O)c1ccc(CNC(=O)NS(=O)(=O)c2ccc(C)cc2)cc1. The van der Waals surface area contributed by atoms with E-state index in [4.69, 9.17) is 0 Å². The van der Waals surface area contributed by atoms with E-state index in [1.165, 1.54) is 19.2 Å². The molecule has 0 atom stereocenters. The Morgan fingerprint density at radius 1 is 1.00 bits per heavy atom. The van der Waals surface area contributed by atoms with Crippen LogP contribution in [0, 0.1) is 6.92 Å². The number of hydrogen-bond donors (Lipinski definition) is 2. The Balaban J connectivity index is 1.94. The highest BCUT2D eigenvalue weighted by Gasteiger charge is 2.17. The zero-order valence-electron chi connectivity index (χ0n) is 13.8. The van der Waals surface area contributed by atoms with Crippen LogP contribution in [0.4, 0.5) is 4.79 Å². The van der Waals surface area contributed by atoms with Crippen LogP contribution in [-0.4, -0.2) is 27.5 Å². The molecule has 0 aliphatic heterocycles. The first-order valence-corrected chi connectivity index (χ1v) is 8.85. The lowest BCUT2D eigenvalue weighted by molar-refractivity contribution is 0.0600. The summed E-state index contributed by atoms with van der Waals surface area (Å²) in [6.45, 7) is 1.94. The topological polar surface area (TPSA) is 102 Å². The first kappa shape index (κ1) is 18.5. The van der Waals surface area contributed by atoms with Gasteiger partial charge in [0.05, 0.1) is 17.6 Å². The third-order valence-electron chi connectivity index (χ3n) is 3.39. The number of amides is 2. The molecule has 2 aromatic carbocycles. The fraction of sp³-hybridized carbons (Fsp3) is 0.176. The van der Waals surface area contributed by atoms with Crippen molar-refractivity contribution < 1.29 is 22.7 Å². The first-order valence-electron chi connectivity index (χ1n) is 7.36. The van der Waals surface area contributed by atoms with Crippen LogP contribution < -0.4 is 10.0 Å². The van der Waals surface area contributed by atoms with Crippen molar-refractivity contribution >= 4 is 22.0 Å². The van der Waals surface area contributed by atoms with Gasteiger partial charge in [0.25, 0.3) is 10.0 Å². The summed E-state index contributed by atoms with van der Waals surface area (Å²) in [7, 11) is -2.64. The average Bonchev–Trinajstić information content (AvgIpc) is 2.59. The second-order valence-electron chi connectivity index (χ2n) is 5.29. The van der Waals surface area contributed by atoms with E-state index in [1.54, 1.807) is 36.4 Å². The summed E-state index contributed by atoms with van der Waals surface area (Å²) in [5.74, 6) is -0.457. The van der Waals surface area contributed by atoms with Crippen LogP contribution in [0.2, 0.25) is 0 Å². The molecule has 7 nitrogen and oxygen atoms in total. The molecular weight excluding hydrogens is 344 g/mol. The monoisotopic (exact) mass is 362 g/mol. The molecule has 132 valence electrons. The Kier molecular flexibility index (Phi) is 5.76. The van der Waals surface area contributed by atoms with Crippen LogP contribution in [0.15, 0.2) is 53.4 Å². The lowest BCUT2D eigenvalue weighted by Gasteiger charge is -2.09. The molecule has 0 fully saturated rings. The van der Waals surface area contributed by atoms with E-state index in [0.29, 0.717) is 11.1 Å². The Morgan fingerprint density at radius 3 is 2.16 bits per heavy atom.